The van der Waals surface area contributed by atoms with Gasteiger partial charge in [0.15, 0.2) is 11.6 Å². The summed E-state index contributed by atoms with van der Waals surface area (Å²) in [6.07, 6.45) is 2.71. The lowest BCUT2D eigenvalue weighted by Crippen LogP contribution is -2.40. The van der Waals surface area contributed by atoms with E-state index in [1.165, 1.54) is 18.5 Å². The highest BCUT2D eigenvalue weighted by molar-refractivity contribution is 5.94. The van der Waals surface area contributed by atoms with Gasteiger partial charge in [-0.15, -0.1) is 0 Å². The van der Waals surface area contributed by atoms with Gasteiger partial charge < -0.3 is 10.6 Å². The van der Waals surface area contributed by atoms with Crippen molar-refractivity contribution >= 4 is 17.5 Å². The minimum Gasteiger partial charge on any atom is -0.347 e. The molecule has 1 heterocycles. The fourth-order valence-electron chi connectivity index (χ4n) is 1.63. The van der Waals surface area contributed by atoms with Crippen LogP contribution < -0.4 is 10.6 Å². The van der Waals surface area contributed by atoms with Crippen LogP contribution in [0.1, 0.15) is 31.1 Å². The molecule has 2 N–H and O–H groups in total. The summed E-state index contributed by atoms with van der Waals surface area (Å²) in [5.74, 6) is -2.00. The molecule has 0 fully saturated rings. The number of amides is 1. The molecule has 5 nitrogen and oxygen atoms in total. The molecule has 1 amide bonds. The van der Waals surface area contributed by atoms with E-state index in [0.717, 1.165) is 12.1 Å². The van der Waals surface area contributed by atoms with Crippen LogP contribution in [0.3, 0.4) is 0 Å². The van der Waals surface area contributed by atoms with E-state index in [1.807, 2.05) is 20.8 Å². The van der Waals surface area contributed by atoms with Gasteiger partial charge in [0, 0.05) is 29.7 Å². The van der Waals surface area contributed by atoms with E-state index < -0.39 is 11.6 Å². The Morgan fingerprint density at radius 3 is 2.27 bits per heavy atom. The second-order valence-corrected chi connectivity index (χ2v) is 5.75. The zero-order valence-electron chi connectivity index (χ0n) is 12.4. The smallest absolute Gasteiger partial charge is 0.254 e. The van der Waals surface area contributed by atoms with Gasteiger partial charge in [0.25, 0.3) is 5.91 Å². The number of hydrogen-bond acceptors (Lipinski definition) is 4. The fourth-order valence-corrected chi connectivity index (χ4v) is 1.63. The molecule has 0 spiro atoms. The summed E-state index contributed by atoms with van der Waals surface area (Å²) in [7, 11) is 0. The van der Waals surface area contributed by atoms with E-state index in [-0.39, 0.29) is 17.4 Å². The maximum absolute atomic E-state index is 13.1. The number of carbonyl (C=O) groups excluding carboxylic acids is 1. The number of nitrogens with zero attached hydrogens (tertiary/aromatic N) is 2. The van der Waals surface area contributed by atoms with Crippen LogP contribution in [0.2, 0.25) is 0 Å². The van der Waals surface area contributed by atoms with Crippen molar-refractivity contribution in [2.24, 2.45) is 0 Å². The molecule has 1 aromatic heterocycles. The van der Waals surface area contributed by atoms with E-state index in [1.54, 1.807) is 0 Å². The molecule has 0 bridgehead atoms. The van der Waals surface area contributed by atoms with Crippen molar-refractivity contribution < 1.29 is 13.6 Å². The molecule has 0 aliphatic carbocycles. The van der Waals surface area contributed by atoms with Crippen molar-refractivity contribution in [3.8, 4) is 0 Å². The van der Waals surface area contributed by atoms with Gasteiger partial charge in [-0.25, -0.2) is 18.7 Å². The molecule has 1 aromatic carbocycles. The minimum absolute atomic E-state index is 0.179. The highest BCUT2D eigenvalue weighted by atomic mass is 19.2. The van der Waals surface area contributed by atoms with E-state index in [0.29, 0.717) is 11.3 Å². The van der Waals surface area contributed by atoms with Crippen LogP contribution in [0, 0.1) is 11.6 Å². The first-order chi connectivity index (χ1) is 10.2. The van der Waals surface area contributed by atoms with Crippen LogP contribution in [-0.2, 0) is 0 Å². The number of aromatic nitrogens is 2. The second-order valence-electron chi connectivity index (χ2n) is 5.75. The highest BCUT2D eigenvalue weighted by Gasteiger charge is 2.15. The molecular formula is C15H16F2N4O. The Bertz CT molecular complexity index is 681. The maximum atomic E-state index is 13.1. The lowest BCUT2D eigenvalue weighted by molar-refractivity contribution is 0.0919. The second kappa shape index (κ2) is 6.05. The molecule has 0 saturated carbocycles. The first-order valence-corrected chi connectivity index (χ1v) is 6.61. The lowest BCUT2D eigenvalue weighted by Gasteiger charge is -2.20. The third-order valence-corrected chi connectivity index (χ3v) is 2.58. The standard InChI is InChI=1S/C15H16F2N4O/c1-15(2,3)21-13(22)9-7-18-14(19-8-9)20-10-4-5-11(16)12(17)6-10/h4-8H,1-3H3,(H,21,22)(H,18,19,20). The first kappa shape index (κ1) is 15.8. The number of nitrogens with one attached hydrogen (secondary N) is 2. The van der Waals surface area contributed by atoms with Gasteiger partial charge in [-0.3, -0.25) is 4.79 Å². The van der Waals surface area contributed by atoms with Crippen molar-refractivity contribution in [3.63, 3.8) is 0 Å². The Labute approximate surface area is 126 Å². The normalized spacial score (nSPS) is 11.1. The third kappa shape index (κ3) is 4.21. The molecule has 0 aliphatic heterocycles. The molecular weight excluding hydrogens is 290 g/mol. The molecule has 22 heavy (non-hydrogen) atoms. The molecule has 0 aliphatic rings. The quantitative estimate of drug-likeness (QED) is 0.914. The summed E-state index contributed by atoms with van der Waals surface area (Å²) in [6.45, 7) is 5.60. The summed E-state index contributed by atoms with van der Waals surface area (Å²) in [5, 5.41) is 5.51. The highest BCUT2D eigenvalue weighted by Crippen LogP contribution is 2.16. The van der Waals surface area contributed by atoms with Gasteiger partial charge in [-0.1, -0.05) is 0 Å². The Balaban J connectivity index is 2.08. The van der Waals surface area contributed by atoms with Crippen molar-refractivity contribution in [3.05, 3.63) is 47.8 Å². The Morgan fingerprint density at radius 2 is 1.73 bits per heavy atom. The van der Waals surface area contributed by atoms with Gasteiger partial charge in [0.2, 0.25) is 5.95 Å². The zero-order chi connectivity index (χ0) is 16.3. The first-order valence-electron chi connectivity index (χ1n) is 6.61. The number of hydrogen-bond donors (Lipinski definition) is 2. The number of rotatable bonds is 3. The predicted octanol–water partition coefficient (Wildman–Crippen LogP) is 3.03. The van der Waals surface area contributed by atoms with Gasteiger partial charge in [-0.2, -0.15) is 0 Å². The number of carbonyl (C=O) groups is 1. The van der Waals surface area contributed by atoms with E-state index in [4.69, 9.17) is 0 Å². The molecule has 0 radical (unpaired) electrons. The van der Waals surface area contributed by atoms with Crippen LogP contribution in [0.5, 0.6) is 0 Å². The average molecular weight is 306 g/mol. The molecule has 2 aromatic rings. The van der Waals surface area contributed by atoms with Crippen LogP contribution in [0.25, 0.3) is 0 Å². The van der Waals surface area contributed by atoms with E-state index in [9.17, 15) is 13.6 Å². The SMILES string of the molecule is CC(C)(C)NC(=O)c1cnc(Nc2ccc(F)c(F)c2)nc1. The molecule has 0 unspecified atom stereocenters. The summed E-state index contributed by atoms with van der Waals surface area (Å²) < 4.78 is 25.9. The minimum atomic E-state index is -0.967. The lowest BCUT2D eigenvalue weighted by atomic mass is 10.1. The van der Waals surface area contributed by atoms with Crippen molar-refractivity contribution in [2.45, 2.75) is 26.3 Å². The van der Waals surface area contributed by atoms with Crippen molar-refractivity contribution in [1.82, 2.24) is 15.3 Å². The van der Waals surface area contributed by atoms with Gasteiger partial charge >= 0.3 is 0 Å². The Hall–Kier alpha value is -2.57. The maximum Gasteiger partial charge on any atom is 0.254 e. The van der Waals surface area contributed by atoms with E-state index in [2.05, 4.69) is 20.6 Å². The average Bonchev–Trinajstić information content (AvgIpc) is 2.42. The zero-order valence-corrected chi connectivity index (χ0v) is 12.4. The Morgan fingerprint density at radius 1 is 1.09 bits per heavy atom. The van der Waals surface area contributed by atoms with E-state index >= 15 is 0 Å². The van der Waals surface area contributed by atoms with Gasteiger partial charge in [0.05, 0.1) is 5.56 Å². The van der Waals surface area contributed by atoms with Crippen LogP contribution in [-0.4, -0.2) is 21.4 Å². The third-order valence-electron chi connectivity index (χ3n) is 2.58. The molecule has 116 valence electrons. The summed E-state index contributed by atoms with van der Waals surface area (Å²) >= 11 is 0. The largest absolute Gasteiger partial charge is 0.347 e. The number of halogens is 2. The monoisotopic (exact) mass is 306 g/mol. The molecule has 2 rings (SSSR count). The topological polar surface area (TPSA) is 66.9 Å². The Kier molecular flexibility index (Phi) is 4.35. The number of benzene rings is 1. The fraction of sp³-hybridized carbons (Fsp3) is 0.267. The van der Waals surface area contributed by atoms with Crippen LogP contribution in [0.4, 0.5) is 20.4 Å². The summed E-state index contributed by atoms with van der Waals surface area (Å²) in [5.41, 5.74) is 0.260. The summed E-state index contributed by atoms with van der Waals surface area (Å²) in [6, 6.07) is 3.36. The van der Waals surface area contributed by atoms with Gasteiger partial charge in [0.1, 0.15) is 0 Å². The predicted molar refractivity (Wildman–Crippen MR) is 78.9 cm³/mol. The number of anilines is 2. The molecule has 7 heteroatoms. The molecule has 0 atom stereocenters. The summed E-state index contributed by atoms with van der Waals surface area (Å²) in [4.78, 5) is 19.9. The van der Waals surface area contributed by atoms with Crippen LogP contribution >= 0.6 is 0 Å². The van der Waals surface area contributed by atoms with Crippen molar-refractivity contribution in [1.29, 1.82) is 0 Å². The van der Waals surface area contributed by atoms with Crippen LogP contribution in [0.15, 0.2) is 30.6 Å². The molecule has 0 saturated heterocycles. The van der Waals surface area contributed by atoms with Crippen molar-refractivity contribution in [2.75, 3.05) is 5.32 Å². The van der Waals surface area contributed by atoms with Gasteiger partial charge in [-0.05, 0) is 32.9 Å².